The van der Waals surface area contributed by atoms with Crippen LogP contribution in [-0.4, -0.2) is 29.0 Å². The van der Waals surface area contributed by atoms with E-state index in [9.17, 15) is 18.4 Å². The number of aryl methyl sites for hydroxylation is 1. The van der Waals surface area contributed by atoms with Gasteiger partial charge in [0.2, 0.25) is 0 Å². The molecule has 0 aliphatic heterocycles. The number of ether oxygens (including phenoxy) is 2. The first-order valence-corrected chi connectivity index (χ1v) is 11.4. The summed E-state index contributed by atoms with van der Waals surface area (Å²) in [7, 11) is 2.63. The summed E-state index contributed by atoms with van der Waals surface area (Å²) in [5.74, 6) is -3.18. The van der Waals surface area contributed by atoms with E-state index in [0.29, 0.717) is 10.6 Å². The number of methoxy groups -OCH3 is 1. The summed E-state index contributed by atoms with van der Waals surface area (Å²) in [5.41, 5.74) is -1.11. The molecule has 0 aliphatic rings. The van der Waals surface area contributed by atoms with Crippen molar-refractivity contribution in [1.82, 2.24) is 9.36 Å². The number of nitrogens with one attached hydrogen (secondary N) is 1. The standard InChI is InChI=1S/C26H20ClF4N3O4/c1-13-8-15(27)10-16(9-13)34-25(36)22(32-24(35)14-4-6-17(7-5-14)38-26(30)31)23(33(34)2)21-19(28)11-18(37-3)12-20(21)29/h4-12,26H,1-3H3,(H,32,35). The number of halogens is 5. The summed E-state index contributed by atoms with van der Waals surface area (Å²) in [6.07, 6.45) is 0. The van der Waals surface area contributed by atoms with Crippen LogP contribution in [0.5, 0.6) is 11.5 Å². The Labute approximate surface area is 218 Å². The van der Waals surface area contributed by atoms with Crippen molar-refractivity contribution >= 4 is 23.2 Å². The summed E-state index contributed by atoms with van der Waals surface area (Å²) in [6.45, 7) is -1.30. The summed E-state index contributed by atoms with van der Waals surface area (Å²) in [6, 6.07) is 11.3. The second kappa shape index (κ2) is 10.6. The van der Waals surface area contributed by atoms with Gasteiger partial charge in [0.25, 0.3) is 11.5 Å². The number of hydrogen-bond donors (Lipinski definition) is 1. The van der Waals surface area contributed by atoms with Crippen LogP contribution >= 0.6 is 11.6 Å². The number of hydrogen-bond acceptors (Lipinski definition) is 4. The molecule has 1 amide bonds. The number of benzene rings is 3. The lowest BCUT2D eigenvalue weighted by molar-refractivity contribution is -0.0498. The van der Waals surface area contributed by atoms with Crippen molar-refractivity contribution in [2.24, 2.45) is 7.05 Å². The van der Waals surface area contributed by atoms with Crippen LogP contribution in [0.15, 0.2) is 59.4 Å². The Hall–Kier alpha value is -4.25. The lowest BCUT2D eigenvalue weighted by atomic mass is 10.1. The van der Waals surface area contributed by atoms with Crippen molar-refractivity contribution in [2.45, 2.75) is 13.5 Å². The smallest absolute Gasteiger partial charge is 0.387 e. The fourth-order valence-electron chi connectivity index (χ4n) is 4.00. The van der Waals surface area contributed by atoms with Crippen LogP contribution in [0.1, 0.15) is 15.9 Å². The van der Waals surface area contributed by atoms with Crippen LogP contribution in [0, 0.1) is 18.6 Å². The highest BCUT2D eigenvalue weighted by atomic mass is 35.5. The molecule has 0 atom stereocenters. The van der Waals surface area contributed by atoms with Crippen LogP contribution in [0.2, 0.25) is 5.02 Å². The maximum Gasteiger partial charge on any atom is 0.387 e. The molecule has 0 aliphatic carbocycles. The predicted molar refractivity (Wildman–Crippen MR) is 134 cm³/mol. The molecule has 0 saturated heterocycles. The number of anilines is 1. The van der Waals surface area contributed by atoms with Gasteiger partial charge < -0.3 is 14.8 Å². The highest BCUT2D eigenvalue weighted by molar-refractivity contribution is 6.30. The van der Waals surface area contributed by atoms with E-state index >= 15 is 8.78 Å². The largest absolute Gasteiger partial charge is 0.497 e. The van der Waals surface area contributed by atoms with Gasteiger partial charge in [-0.2, -0.15) is 8.78 Å². The number of carbonyl (C=O) groups excluding carboxylic acids is 1. The Morgan fingerprint density at radius 3 is 2.18 bits per heavy atom. The lowest BCUT2D eigenvalue weighted by Crippen LogP contribution is -2.23. The molecule has 0 saturated carbocycles. The van der Waals surface area contributed by atoms with Crippen LogP contribution in [-0.2, 0) is 7.05 Å². The number of carbonyl (C=O) groups is 1. The van der Waals surface area contributed by atoms with Crippen LogP contribution in [0.25, 0.3) is 16.9 Å². The third-order valence-electron chi connectivity index (χ3n) is 5.61. The Balaban J connectivity index is 1.89. The van der Waals surface area contributed by atoms with E-state index in [-0.39, 0.29) is 28.4 Å². The molecule has 0 fully saturated rings. The first kappa shape index (κ1) is 26.8. The average molecular weight is 550 g/mol. The van der Waals surface area contributed by atoms with E-state index in [1.807, 2.05) is 0 Å². The molecule has 0 unspecified atom stereocenters. The highest BCUT2D eigenvalue weighted by Crippen LogP contribution is 2.34. The SMILES string of the molecule is COc1cc(F)c(-c2c(NC(=O)c3ccc(OC(F)F)cc3)c(=O)n(-c3cc(C)cc(Cl)c3)n2C)c(F)c1. The molecule has 1 N–H and O–H groups in total. The first-order chi connectivity index (χ1) is 18.0. The summed E-state index contributed by atoms with van der Waals surface area (Å²) in [5, 5.41) is 2.73. The second-order valence-electron chi connectivity index (χ2n) is 8.17. The number of aromatic nitrogens is 2. The van der Waals surface area contributed by atoms with Gasteiger partial charge >= 0.3 is 6.61 Å². The minimum atomic E-state index is -3.05. The molecule has 198 valence electrons. The van der Waals surface area contributed by atoms with Gasteiger partial charge in [0, 0.05) is 29.8 Å². The van der Waals surface area contributed by atoms with Gasteiger partial charge in [-0.3, -0.25) is 14.3 Å². The molecule has 12 heteroatoms. The minimum absolute atomic E-state index is 0.0263. The molecule has 7 nitrogen and oxygen atoms in total. The van der Waals surface area contributed by atoms with E-state index in [2.05, 4.69) is 10.1 Å². The summed E-state index contributed by atoms with van der Waals surface area (Å²) < 4.78 is 66.7. The minimum Gasteiger partial charge on any atom is -0.497 e. The van der Waals surface area contributed by atoms with Crippen molar-refractivity contribution in [1.29, 1.82) is 0 Å². The van der Waals surface area contributed by atoms with Gasteiger partial charge in [0.1, 0.15) is 34.5 Å². The van der Waals surface area contributed by atoms with Crippen molar-refractivity contribution in [3.63, 3.8) is 0 Å². The Morgan fingerprint density at radius 2 is 1.63 bits per heavy atom. The van der Waals surface area contributed by atoms with E-state index < -0.39 is 41.0 Å². The van der Waals surface area contributed by atoms with Gasteiger partial charge in [0.05, 0.1) is 18.4 Å². The molecule has 0 bridgehead atoms. The van der Waals surface area contributed by atoms with Gasteiger partial charge in [-0.1, -0.05) is 11.6 Å². The summed E-state index contributed by atoms with van der Waals surface area (Å²) >= 11 is 6.18. The average Bonchev–Trinajstić information content (AvgIpc) is 3.07. The molecule has 1 heterocycles. The molecule has 4 aromatic rings. The maximum absolute atomic E-state index is 15.2. The predicted octanol–water partition coefficient (Wildman–Crippen LogP) is 5.95. The van der Waals surface area contributed by atoms with Gasteiger partial charge in [0.15, 0.2) is 0 Å². The molecule has 1 aromatic heterocycles. The number of alkyl halides is 2. The van der Waals surface area contributed by atoms with E-state index in [4.69, 9.17) is 16.3 Å². The third-order valence-corrected chi connectivity index (χ3v) is 5.82. The number of amides is 1. The fraction of sp³-hybridized carbons (Fsp3) is 0.154. The molecule has 4 rings (SSSR count). The zero-order valence-corrected chi connectivity index (χ0v) is 20.9. The van der Waals surface area contributed by atoms with Crippen molar-refractivity contribution in [3.05, 3.63) is 92.7 Å². The first-order valence-electron chi connectivity index (χ1n) is 11.0. The quantitative estimate of drug-likeness (QED) is 0.289. The van der Waals surface area contributed by atoms with E-state index in [1.165, 1.54) is 37.0 Å². The number of nitrogens with zero attached hydrogens (tertiary/aromatic N) is 2. The van der Waals surface area contributed by atoms with E-state index in [0.717, 1.165) is 28.9 Å². The molecule has 0 radical (unpaired) electrons. The van der Waals surface area contributed by atoms with Gasteiger partial charge in [-0.05, 0) is 55.0 Å². The van der Waals surface area contributed by atoms with E-state index in [1.54, 1.807) is 19.1 Å². The number of rotatable bonds is 7. The third kappa shape index (κ3) is 5.23. The molecule has 38 heavy (non-hydrogen) atoms. The van der Waals surface area contributed by atoms with Crippen molar-refractivity contribution < 1.29 is 31.8 Å². The lowest BCUT2D eigenvalue weighted by Gasteiger charge is -2.13. The highest BCUT2D eigenvalue weighted by Gasteiger charge is 2.28. The topological polar surface area (TPSA) is 74.5 Å². The normalized spacial score (nSPS) is 11.1. The molecular formula is C26H20ClF4N3O4. The molecule has 0 spiro atoms. The van der Waals surface area contributed by atoms with Crippen LogP contribution < -0.4 is 20.3 Å². The monoisotopic (exact) mass is 549 g/mol. The molecular weight excluding hydrogens is 530 g/mol. The van der Waals surface area contributed by atoms with Crippen LogP contribution in [0.4, 0.5) is 23.2 Å². The Bertz CT molecular complexity index is 1540. The van der Waals surface area contributed by atoms with Crippen molar-refractivity contribution in [2.75, 3.05) is 12.4 Å². The Morgan fingerprint density at radius 1 is 1.00 bits per heavy atom. The maximum atomic E-state index is 15.2. The fourth-order valence-corrected chi connectivity index (χ4v) is 4.29. The zero-order chi connectivity index (χ0) is 27.7. The van der Waals surface area contributed by atoms with Crippen LogP contribution in [0.3, 0.4) is 0 Å². The van der Waals surface area contributed by atoms with Crippen molar-refractivity contribution in [3.8, 4) is 28.4 Å². The van der Waals surface area contributed by atoms with Gasteiger partial charge in [-0.25, -0.2) is 13.5 Å². The molecule has 3 aromatic carbocycles. The Kier molecular flexibility index (Phi) is 7.49. The summed E-state index contributed by atoms with van der Waals surface area (Å²) in [4.78, 5) is 26.6. The van der Waals surface area contributed by atoms with Gasteiger partial charge in [-0.15, -0.1) is 0 Å². The zero-order valence-electron chi connectivity index (χ0n) is 20.2. The second-order valence-corrected chi connectivity index (χ2v) is 8.61.